The second-order valence-electron chi connectivity index (χ2n) is 31.7. The maximum atomic E-state index is 12.1. The Kier molecular flexibility index (Phi) is 26.9. The number of methoxy groups -OCH3 is 2. The molecule has 0 radical (unpaired) electrons. The van der Waals surface area contributed by atoms with Gasteiger partial charge in [0.25, 0.3) is 0 Å². The van der Waals surface area contributed by atoms with Crippen molar-refractivity contribution in [2.45, 2.75) is 136 Å². The molecule has 15 nitrogen and oxygen atoms in total. The van der Waals surface area contributed by atoms with Gasteiger partial charge in [-0.3, -0.25) is 0 Å². The molecule has 11 aromatic carbocycles. The summed E-state index contributed by atoms with van der Waals surface area (Å²) in [4.78, 5) is 23.1. The van der Waals surface area contributed by atoms with E-state index in [9.17, 15) is 14.7 Å². The smallest absolute Gasteiger partial charge is 0.465 e. The van der Waals surface area contributed by atoms with Gasteiger partial charge in [0.2, 0.25) is 0 Å². The van der Waals surface area contributed by atoms with Crippen LogP contribution in [0.5, 0.6) is 0 Å². The van der Waals surface area contributed by atoms with Gasteiger partial charge in [0.05, 0.1) is 69.9 Å². The zero-order valence-electron chi connectivity index (χ0n) is 67.6. The minimum absolute atomic E-state index is 0.194. The van der Waals surface area contributed by atoms with Crippen molar-refractivity contribution in [1.82, 2.24) is 0 Å². The molecule has 604 valence electrons. The summed E-state index contributed by atoms with van der Waals surface area (Å²) < 4.78 is 70.6. The monoisotopic (exact) mass is 1800 g/mol. The lowest BCUT2D eigenvalue weighted by Gasteiger charge is -2.32. The van der Waals surface area contributed by atoms with Gasteiger partial charge in [-0.05, 0) is 267 Å². The lowest BCUT2D eigenvalue weighted by Crippen LogP contribution is -2.41. The van der Waals surface area contributed by atoms with Gasteiger partial charge < -0.3 is 60.2 Å². The number of aliphatic hydroxyl groups is 1. The van der Waals surface area contributed by atoms with E-state index >= 15 is 0 Å². The summed E-state index contributed by atoms with van der Waals surface area (Å²) in [6.45, 7) is 28.0. The standard InChI is InChI=1S/C21H17ClO2.C20H13ClO3.C18H19BO3.C12H24B2O4.C12H7BrO.C8H6BrClO2.CH2Cl2/c1-21(2,23)18-9-8-14(22)12-16(18)13-7-10-20-17(11-13)15-5-3-4-6-19(15)24-20;1-23-20(22)15-8-7-13(21)11-16(15)12-6-9-19-17(10-12)14-4-2-3-5-18(14)24-19;1-17(2)18(3,4)22-19(21-17)12-9-10-16-14(11-12)13-7-5-6-8-15(13)20-16;1-9(2)10(3,4)16-13(15-9)14-17-11(5,6)12(7,8)18-14;13-8-5-6-12-10(7-8)9-3-1-2-4-11(9)14-12;1-12-8(11)6-3-2-5(10)4-7(6)9;2-1-3/h3-12,23H,1-2H3;2-11H,1H3;5-11H,1-4H3;1-8H3;1-7H;2-4H,1H3;1H2. The van der Waals surface area contributed by atoms with E-state index in [0.717, 1.165) is 120 Å². The van der Waals surface area contributed by atoms with Crippen LogP contribution in [-0.4, -0.2) is 91.3 Å². The number of hydrogen-bond donors (Lipinski definition) is 1. The topological polar surface area (TPSA) is 181 Å². The second kappa shape index (κ2) is 35.7. The van der Waals surface area contributed by atoms with Gasteiger partial charge in [-0.25, -0.2) is 9.59 Å². The summed E-state index contributed by atoms with van der Waals surface area (Å²) in [6.07, 6.45) is 0. The largest absolute Gasteiger partial charge is 0.494 e. The van der Waals surface area contributed by atoms with Crippen LogP contribution in [0.3, 0.4) is 0 Å². The normalized spacial score (nSPS) is 15.9. The maximum absolute atomic E-state index is 12.1. The number of fused-ring (bicyclic) bond motifs is 12. The predicted octanol–water partition coefficient (Wildman–Crippen LogP) is 26.6. The van der Waals surface area contributed by atoms with Crippen LogP contribution in [0, 0.1) is 0 Å². The molecular formula is C92H88B3Br2Cl5O15. The van der Waals surface area contributed by atoms with Gasteiger partial charge in [-0.15, -0.1) is 23.2 Å². The second-order valence-corrected chi connectivity index (χ2v) is 35.6. The number of hydrogen-bond acceptors (Lipinski definition) is 15. The summed E-state index contributed by atoms with van der Waals surface area (Å²) >= 11 is 34.2. The SMILES string of the molecule is Brc1ccc2oc3ccccc3c2c1.CC(C)(O)c1ccc(Cl)cc1-c1ccc2oc3ccccc3c2c1.CC1(C)OB(B2OC(C)(C)C(C)(C)O2)OC1(C)C.CC1(C)OB(c2ccc3oc4ccccc4c3c2)OC1(C)C.COC(=O)c1ccc(Cl)cc1-c1ccc2oc3ccccc3c2c1.COC(=O)c1ccc(Cl)cc1Br.ClCCl. The number of benzene rings is 11. The highest BCUT2D eigenvalue weighted by Gasteiger charge is 2.64. The number of alkyl halides is 2. The van der Waals surface area contributed by atoms with Crippen molar-refractivity contribution >= 4 is 216 Å². The van der Waals surface area contributed by atoms with E-state index in [4.69, 9.17) is 108 Å². The molecule has 0 unspecified atom stereocenters. The highest BCUT2D eigenvalue weighted by Crippen LogP contribution is 2.45. The maximum Gasteiger partial charge on any atom is 0.494 e. The van der Waals surface area contributed by atoms with E-state index in [1.165, 1.54) is 19.6 Å². The van der Waals surface area contributed by atoms with Gasteiger partial charge in [0, 0.05) is 67.1 Å². The van der Waals surface area contributed by atoms with Crippen LogP contribution in [0.2, 0.25) is 15.1 Å². The number of ether oxygens (including phenoxy) is 2. The summed E-state index contributed by atoms with van der Waals surface area (Å²) in [5.41, 5.74) is 10.4. The predicted molar refractivity (Wildman–Crippen MR) is 485 cm³/mol. The molecule has 18 rings (SSSR count). The van der Waals surface area contributed by atoms with E-state index < -0.39 is 19.6 Å². The van der Waals surface area contributed by atoms with E-state index in [-0.39, 0.29) is 58.0 Å². The molecule has 0 aliphatic carbocycles. The van der Waals surface area contributed by atoms with Crippen molar-refractivity contribution in [2.24, 2.45) is 0 Å². The van der Waals surface area contributed by atoms with Crippen LogP contribution >= 0.6 is 89.9 Å². The highest BCUT2D eigenvalue weighted by molar-refractivity contribution is 9.10. The van der Waals surface area contributed by atoms with Gasteiger partial charge in [0.15, 0.2) is 0 Å². The van der Waals surface area contributed by atoms with Crippen molar-refractivity contribution in [1.29, 1.82) is 0 Å². The summed E-state index contributed by atoms with van der Waals surface area (Å²) in [6, 6.07) is 71.8. The third-order valence-corrected chi connectivity index (χ3v) is 23.6. The molecule has 0 saturated carbocycles. The van der Waals surface area contributed by atoms with Crippen molar-refractivity contribution < 1.29 is 69.8 Å². The fourth-order valence-corrected chi connectivity index (χ4v) is 15.0. The number of halogens is 7. The van der Waals surface area contributed by atoms with Gasteiger partial charge >= 0.3 is 33.1 Å². The van der Waals surface area contributed by atoms with E-state index in [2.05, 4.69) is 101 Å². The Morgan fingerprint density at radius 2 is 0.692 bits per heavy atom. The average molecular weight is 1800 g/mol. The van der Waals surface area contributed by atoms with Crippen molar-refractivity contribution in [3.8, 4) is 22.3 Å². The van der Waals surface area contributed by atoms with Crippen LogP contribution in [0.1, 0.15) is 123 Å². The molecule has 7 heterocycles. The van der Waals surface area contributed by atoms with E-state index in [0.29, 0.717) is 30.7 Å². The highest BCUT2D eigenvalue weighted by atomic mass is 79.9. The minimum atomic E-state index is -0.951. The molecule has 0 amide bonds. The molecule has 3 fully saturated rings. The zero-order valence-corrected chi connectivity index (χ0v) is 74.6. The van der Waals surface area contributed by atoms with Crippen molar-refractivity contribution in [3.63, 3.8) is 0 Å². The first-order chi connectivity index (χ1) is 55.3. The fraction of sp³-hybridized carbons (Fsp3) is 0.261. The molecule has 0 atom stereocenters. The summed E-state index contributed by atoms with van der Waals surface area (Å²) in [5.74, 6) is -0.766. The Labute approximate surface area is 723 Å². The Morgan fingerprint density at radius 1 is 0.376 bits per heavy atom. The lowest BCUT2D eigenvalue weighted by atomic mass is 9.49. The molecule has 15 aromatic rings. The molecular weight excluding hydrogens is 1710 g/mol. The van der Waals surface area contributed by atoms with Crippen LogP contribution in [0.15, 0.2) is 251 Å². The van der Waals surface area contributed by atoms with Crippen molar-refractivity contribution in [2.75, 3.05) is 19.6 Å². The first-order valence-corrected chi connectivity index (χ1v) is 41.5. The summed E-state index contributed by atoms with van der Waals surface area (Å²) in [5, 5.41) is 21.2. The third kappa shape index (κ3) is 19.4. The zero-order chi connectivity index (χ0) is 84.5. The van der Waals surface area contributed by atoms with Crippen molar-refractivity contribution in [3.05, 3.63) is 265 Å². The Balaban J connectivity index is 0.000000130. The molecule has 3 aliphatic heterocycles. The van der Waals surface area contributed by atoms with Crippen LogP contribution in [0.4, 0.5) is 0 Å². The van der Waals surface area contributed by atoms with Crippen LogP contribution in [0.25, 0.3) is 110 Å². The number of rotatable bonds is 7. The number of furan rings is 4. The number of carbonyl (C=O) groups excluding carboxylic acids is 2. The molecule has 0 bridgehead atoms. The summed E-state index contributed by atoms with van der Waals surface area (Å²) in [7, 11) is 1.41. The number of carbonyl (C=O) groups is 2. The quantitative estimate of drug-likeness (QED) is 0.0903. The number of para-hydroxylation sites is 4. The molecule has 117 heavy (non-hydrogen) atoms. The van der Waals surface area contributed by atoms with Crippen LogP contribution in [-0.2, 0) is 43.0 Å². The first-order valence-electron chi connectivity index (χ1n) is 37.7. The van der Waals surface area contributed by atoms with E-state index in [1.54, 1.807) is 50.2 Å². The Bertz CT molecular complexity index is 6060. The van der Waals surface area contributed by atoms with Crippen LogP contribution < -0.4 is 5.46 Å². The molecule has 1 N–H and O–H groups in total. The molecule has 25 heteroatoms. The van der Waals surface area contributed by atoms with Gasteiger partial charge in [-0.1, -0.05) is 154 Å². The minimum Gasteiger partial charge on any atom is -0.465 e. The fourth-order valence-electron chi connectivity index (χ4n) is 13.5. The number of esters is 2. The first kappa shape index (κ1) is 88.2. The molecule has 4 aromatic heterocycles. The Hall–Kier alpha value is -8.12. The molecule has 3 aliphatic rings. The third-order valence-electron chi connectivity index (χ3n) is 21.8. The lowest BCUT2D eigenvalue weighted by molar-refractivity contribution is 0.00578. The molecule has 3 saturated heterocycles. The van der Waals surface area contributed by atoms with Gasteiger partial charge in [0.1, 0.15) is 44.7 Å². The average Bonchev–Trinajstić information content (AvgIpc) is 1.61. The van der Waals surface area contributed by atoms with E-state index in [1.807, 2.05) is 207 Å². The Morgan fingerprint density at radius 3 is 1.09 bits per heavy atom. The van der Waals surface area contributed by atoms with Gasteiger partial charge in [-0.2, -0.15) is 0 Å². The molecule has 0 spiro atoms.